The summed E-state index contributed by atoms with van der Waals surface area (Å²) in [5, 5.41) is 0. The van der Waals surface area contributed by atoms with Gasteiger partial charge in [0.25, 0.3) is 0 Å². The lowest BCUT2D eigenvalue weighted by atomic mass is 9.70. The summed E-state index contributed by atoms with van der Waals surface area (Å²) in [5.41, 5.74) is 10.1. The van der Waals surface area contributed by atoms with Crippen LogP contribution in [0, 0.1) is 6.92 Å². The third-order valence-corrected chi connectivity index (χ3v) is 7.97. The van der Waals surface area contributed by atoms with Crippen LogP contribution in [0.15, 0.2) is 66.7 Å². The van der Waals surface area contributed by atoms with Crippen LogP contribution in [0.2, 0.25) is 0 Å². The van der Waals surface area contributed by atoms with E-state index in [4.69, 9.17) is 0 Å². The summed E-state index contributed by atoms with van der Waals surface area (Å²) in [6, 6.07) is 25.4. The molecule has 180 valence electrons. The Morgan fingerprint density at radius 1 is 0.618 bits per heavy atom. The normalized spacial score (nSPS) is 13.5. The van der Waals surface area contributed by atoms with Crippen molar-refractivity contribution in [2.45, 2.75) is 90.4 Å². The number of anilines is 2. The van der Waals surface area contributed by atoms with Gasteiger partial charge in [-0.15, -0.1) is 0 Å². The minimum atomic E-state index is 0.150. The lowest BCUT2D eigenvalue weighted by Gasteiger charge is -2.33. The zero-order valence-corrected chi connectivity index (χ0v) is 21.9. The Morgan fingerprint density at radius 3 is 1.85 bits per heavy atom. The molecule has 1 nitrogen and oxygen atoms in total. The molecule has 0 saturated heterocycles. The first-order valence-electron chi connectivity index (χ1n) is 13.7. The highest BCUT2D eigenvalue weighted by Gasteiger charge is 2.42. The number of aryl methyl sites for hydroxylation is 1. The van der Waals surface area contributed by atoms with Gasteiger partial charge in [0.05, 0.1) is 0 Å². The molecular weight excluding hydrogens is 410 g/mol. The van der Waals surface area contributed by atoms with E-state index in [0.29, 0.717) is 0 Å². The van der Waals surface area contributed by atoms with Gasteiger partial charge in [-0.1, -0.05) is 113 Å². The Morgan fingerprint density at radius 2 is 1.21 bits per heavy atom. The maximum absolute atomic E-state index is 2.52. The highest BCUT2D eigenvalue weighted by molar-refractivity contribution is 5.83. The van der Waals surface area contributed by atoms with Crippen LogP contribution < -0.4 is 4.90 Å². The topological polar surface area (TPSA) is 3.24 Å². The summed E-state index contributed by atoms with van der Waals surface area (Å²) in [5.74, 6) is 0. The van der Waals surface area contributed by atoms with Gasteiger partial charge in [-0.05, 0) is 66.3 Å². The van der Waals surface area contributed by atoms with Crippen LogP contribution in [0.3, 0.4) is 0 Å². The first-order valence-corrected chi connectivity index (χ1v) is 13.7. The van der Waals surface area contributed by atoms with Crippen molar-refractivity contribution >= 4 is 11.4 Å². The molecule has 0 atom stereocenters. The summed E-state index contributed by atoms with van der Waals surface area (Å²) in [4.78, 5) is 2.35. The second-order valence-electron chi connectivity index (χ2n) is 10.4. The van der Waals surface area contributed by atoms with Crippen molar-refractivity contribution in [3.05, 3.63) is 83.4 Å². The summed E-state index contributed by atoms with van der Waals surface area (Å²) >= 11 is 0. The summed E-state index contributed by atoms with van der Waals surface area (Å²) in [6.45, 7) is 6.78. The van der Waals surface area contributed by atoms with Crippen LogP contribution in [0.4, 0.5) is 11.4 Å². The number of benzene rings is 3. The van der Waals surface area contributed by atoms with E-state index in [1.165, 1.54) is 92.3 Å². The second kappa shape index (κ2) is 11.3. The number of hydrogen-bond acceptors (Lipinski definition) is 1. The molecule has 0 bridgehead atoms. The Labute approximate surface area is 208 Å². The maximum Gasteiger partial charge on any atom is 0.0411 e. The van der Waals surface area contributed by atoms with Gasteiger partial charge >= 0.3 is 0 Å². The molecule has 0 amide bonds. The first-order chi connectivity index (χ1) is 16.6. The van der Waals surface area contributed by atoms with Crippen LogP contribution >= 0.6 is 0 Å². The van der Waals surface area contributed by atoms with Crippen molar-refractivity contribution in [3.8, 4) is 11.1 Å². The first kappa shape index (κ1) is 24.6. The average Bonchev–Trinajstić information content (AvgIpc) is 3.14. The van der Waals surface area contributed by atoms with E-state index in [2.05, 4.69) is 99.4 Å². The second-order valence-corrected chi connectivity index (χ2v) is 10.4. The third kappa shape index (κ3) is 4.95. The Bertz CT molecular complexity index is 1050. The standard InChI is InChI=1S/C33H43N/c1-5-7-9-13-23-33(24-14-10-8-6-2)31-16-12-11-15-29(31)30-22-21-28(25-32(30)33)34(4)27-19-17-26(3)18-20-27/h11-12,15-22,25H,5-10,13-14,23-24H2,1-4H3. The molecular formula is C33H43N. The minimum absolute atomic E-state index is 0.150. The molecule has 0 unspecified atom stereocenters. The van der Waals surface area contributed by atoms with Crippen LogP contribution in [0.1, 0.15) is 94.7 Å². The molecule has 0 radical (unpaired) electrons. The molecule has 0 saturated carbocycles. The number of hydrogen-bond donors (Lipinski definition) is 0. The molecule has 4 rings (SSSR count). The van der Waals surface area contributed by atoms with E-state index in [1.807, 2.05) is 0 Å². The summed E-state index contributed by atoms with van der Waals surface area (Å²) in [7, 11) is 2.21. The summed E-state index contributed by atoms with van der Waals surface area (Å²) < 4.78 is 0. The highest BCUT2D eigenvalue weighted by atomic mass is 15.1. The van der Waals surface area contributed by atoms with Gasteiger partial charge in [0.1, 0.15) is 0 Å². The minimum Gasteiger partial charge on any atom is -0.345 e. The van der Waals surface area contributed by atoms with Crippen molar-refractivity contribution in [1.29, 1.82) is 0 Å². The molecule has 0 spiro atoms. The van der Waals surface area contributed by atoms with Crippen molar-refractivity contribution < 1.29 is 0 Å². The van der Waals surface area contributed by atoms with E-state index in [0.717, 1.165) is 0 Å². The maximum atomic E-state index is 2.52. The van der Waals surface area contributed by atoms with E-state index < -0.39 is 0 Å². The number of rotatable bonds is 12. The van der Waals surface area contributed by atoms with Crippen LogP contribution in [-0.2, 0) is 5.41 Å². The smallest absolute Gasteiger partial charge is 0.0411 e. The van der Waals surface area contributed by atoms with E-state index >= 15 is 0 Å². The number of unbranched alkanes of at least 4 members (excludes halogenated alkanes) is 6. The van der Waals surface area contributed by atoms with Crippen LogP contribution in [0.5, 0.6) is 0 Å². The Balaban J connectivity index is 1.75. The van der Waals surface area contributed by atoms with Crippen molar-refractivity contribution in [2.24, 2.45) is 0 Å². The van der Waals surface area contributed by atoms with E-state index in [9.17, 15) is 0 Å². The van der Waals surface area contributed by atoms with Crippen LogP contribution in [-0.4, -0.2) is 7.05 Å². The molecule has 0 fully saturated rings. The van der Waals surface area contributed by atoms with Gasteiger partial charge < -0.3 is 4.90 Å². The van der Waals surface area contributed by atoms with E-state index in [1.54, 1.807) is 11.1 Å². The third-order valence-electron chi connectivity index (χ3n) is 7.97. The molecule has 1 aliphatic rings. The number of fused-ring (bicyclic) bond motifs is 3. The molecule has 0 N–H and O–H groups in total. The van der Waals surface area contributed by atoms with E-state index in [-0.39, 0.29) is 5.41 Å². The molecule has 0 aliphatic heterocycles. The van der Waals surface area contributed by atoms with Gasteiger partial charge in [0, 0.05) is 23.8 Å². The fourth-order valence-corrected chi connectivity index (χ4v) is 5.94. The lowest BCUT2D eigenvalue weighted by Crippen LogP contribution is -2.26. The van der Waals surface area contributed by atoms with Crippen molar-refractivity contribution in [1.82, 2.24) is 0 Å². The van der Waals surface area contributed by atoms with Crippen molar-refractivity contribution in [3.63, 3.8) is 0 Å². The predicted octanol–water partition coefficient (Wildman–Crippen LogP) is 9.97. The molecule has 3 aromatic rings. The molecule has 34 heavy (non-hydrogen) atoms. The fourth-order valence-electron chi connectivity index (χ4n) is 5.94. The zero-order valence-electron chi connectivity index (χ0n) is 21.9. The van der Waals surface area contributed by atoms with Gasteiger partial charge in [-0.2, -0.15) is 0 Å². The largest absolute Gasteiger partial charge is 0.345 e. The molecule has 0 heterocycles. The summed E-state index contributed by atoms with van der Waals surface area (Å²) in [6.07, 6.45) is 13.1. The fraction of sp³-hybridized carbons (Fsp3) is 0.455. The van der Waals surface area contributed by atoms with Gasteiger partial charge in [0.15, 0.2) is 0 Å². The Kier molecular flexibility index (Phi) is 8.14. The predicted molar refractivity (Wildman–Crippen MR) is 149 cm³/mol. The van der Waals surface area contributed by atoms with Crippen molar-refractivity contribution in [2.75, 3.05) is 11.9 Å². The average molecular weight is 454 g/mol. The lowest BCUT2D eigenvalue weighted by molar-refractivity contribution is 0.401. The SMILES string of the molecule is CCCCCCC1(CCCCCC)c2ccccc2-c2ccc(N(C)c3ccc(C)cc3)cc21. The quantitative estimate of drug-likeness (QED) is 0.247. The van der Waals surface area contributed by atoms with Gasteiger partial charge in [0.2, 0.25) is 0 Å². The highest BCUT2D eigenvalue weighted by Crippen LogP contribution is 2.55. The monoisotopic (exact) mass is 453 g/mol. The van der Waals surface area contributed by atoms with Crippen LogP contribution in [0.25, 0.3) is 11.1 Å². The molecule has 3 aromatic carbocycles. The number of nitrogens with zero attached hydrogens (tertiary/aromatic N) is 1. The molecule has 1 aliphatic carbocycles. The van der Waals surface area contributed by atoms with Gasteiger partial charge in [-0.3, -0.25) is 0 Å². The van der Waals surface area contributed by atoms with Gasteiger partial charge in [-0.25, -0.2) is 0 Å². The Hall–Kier alpha value is -2.54. The zero-order chi connectivity index (χ0) is 24.0. The molecule has 0 aromatic heterocycles. The molecule has 1 heteroatoms.